The third-order valence-electron chi connectivity index (χ3n) is 2.27. The van der Waals surface area contributed by atoms with E-state index >= 15 is 0 Å². The van der Waals surface area contributed by atoms with E-state index in [1.165, 1.54) is 12.3 Å². The highest BCUT2D eigenvalue weighted by atomic mass is 35.5. The van der Waals surface area contributed by atoms with E-state index in [4.69, 9.17) is 27.3 Å². The van der Waals surface area contributed by atoms with Gasteiger partial charge in [-0.2, -0.15) is 5.26 Å². The Morgan fingerprint density at radius 1 is 1.39 bits per heavy atom. The topological polar surface area (TPSA) is 71.9 Å². The van der Waals surface area contributed by atoms with Gasteiger partial charge in [0.25, 0.3) is 0 Å². The Kier molecular flexibility index (Phi) is 3.66. The van der Waals surface area contributed by atoms with E-state index in [9.17, 15) is 0 Å². The molecule has 0 unspecified atom stereocenters. The standard InChI is InChI=1S/C13H10ClN3O/c14-11-3-1-2-9(4-11)8-18-13-12(16)5-10(6-15)7-17-13/h1-5,7H,8,16H2. The second kappa shape index (κ2) is 5.39. The predicted octanol–water partition coefficient (Wildman–Crippen LogP) is 2.77. The van der Waals surface area contributed by atoms with Gasteiger partial charge in [0.2, 0.25) is 5.88 Å². The van der Waals surface area contributed by atoms with Gasteiger partial charge in [0.1, 0.15) is 12.7 Å². The lowest BCUT2D eigenvalue weighted by Gasteiger charge is -2.07. The molecule has 4 nitrogen and oxygen atoms in total. The van der Waals surface area contributed by atoms with Crippen molar-refractivity contribution in [1.29, 1.82) is 5.26 Å². The maximum absolute atomic E-state index is 8.69. The van der Waals surface area contributed by atoms with Gasteiger partial charge in [-0.05, 0) is 23.8 Å². The van der Waals surface area contributed by atoms with Crippen LogP contribution in [-0.2, 0) is 6.61 Å². The van der Waals surface area contributed by atoms with Gasteiger partial charge in [-0.25, -0.2) is 4.98 Å². The van der Waals surface area contributed by atoms with Gasteiger partial charge in [0, 0.05) is 11.2 Å². The van der Waals surface area contributed by atoms with E-state index < -0.39 is 0 Å². The van der Waals surface area contributed by atoms with Crippen molar-refractivity contribution in [3.8, 4) is 11.9 Å². The summed E-state index contributed by atoms with van der Waals surface area (Å²) in [6.45, 7) is 0.323. The second-order valence-corrected chi connectivity index (χ2v) is 4.09. The van der Waals surface area contributed by atoms with Crippen molar-refractivity contribution >= 4 is 17.3 Å². The molecule has 2 aromatic rings. The number of aromatic nitrogens is 1. The quantitative estimate of drug-likeness (QED) is 0.920. The summed E-state index contributed by atoms with van der Waals surface area (Å²) in [5.41, 5.74) is 7.40. The van der Waals surface area contributed by atoms with Crippen LogP contribution in [0, 0.1) is 11.3 Å². The number of nitrogens with two attached hydrogens (primary N) is 1. The molecule has 1 aromatic heterocycles. The summed E-state index contributed by atoms with van der Waals surface area (Å²) in [5, 5.41) is 9.34. The lowest BCUT2D eigenvalue weighted by Crippen LogP contribution is -2.01. The zero-order valence-corrected chi connectivity index (χ0v) is 10.2. The molecule has 0 radical (unpaired) electrons. The smallest absolute Gasteiger partial charge is 0.237 e. The molecule has 1 heterocycles. The molecule has 0 atom stereocenters. The number of hydrogen-bond donors (Lipinski definition) is 1. The molecule has 2 rings (SSSR count). The fourth-order valence-corrected chi connectivity index (χ4v) is 1.64. The average Bonchev–Trinajstić information content (AvgIpc) is 2.37. The van der Waals surface area contributed by atoms with E-state index in [1.54, 1.807) is 12.1 Å². The molecule has 0 saturated heterocycles. The molecule has 90 valence electrons. The van der Waals surface area contributed by atoms with Gasteiger partial charge < -0.3 is 10.5 Å². The number of hydrogen-bond acceptors (Lipinski definition) is 4. The summed E-state index contributed by atoms with van der Waals surface area (Å²) < 4.78 is 5.47. The Labute approximate surface area is 110 Å². The van der Waals surface area contributed by atoms with Crippen LogP contribution in [0.25, 0.3) is 0 Å². The first-order chi connectivity index (χ1) is 8.69. The van der Waals surface area contributed by atoms with Crippen molar-refractivity contribution in [2.24, 2.45) is 0 Å². The molecule has 0 fully saturated rings. The van der Waals surface area contributed by atoms with Crippen LogP contribution in [0.15, 0.2) is 36.5 Å². The summed E-state index contributed by atoms with van der Waals surface area (Å²) >= 11 is 5.87. The Hall–Kier alpha value is -2.25. The number of rotatable bonds is 3. The van der Waals surface area contributed by atoms with Crippen LogP contribution < -0.4 is 10.5 Å². The molecule has 0 saturated carbocycles. The largest absolute Gasteiger partial charge is 0.471 e. The van der Waals surface area contributed by atoms with E-state index in [0.29, 0.717) is 28.8 Å². The number of nitriles is 1. The molecule has 0 aliphatic rings. The molecule has 2 N–H and O–H groups in total. The van der Waals surface area contributed by atoms with E-state index in [2.05, 4.69) is 4.98 Å². The minimum atomic E-state index is 0.314. The lowest BCUT2D eigenvalue weighted by atomic mass is 10.2. The van der Waals surface area contributed by atoms with Gasteiger partial charge in [-0.3, -0.25) is 0 Å². The molecule has 0 aliphatic carbocycles. The first kappa shape index (κ1) is 12.2. The Morgan fingerprint density at radius 2 is 2.22 bits per heavy atom. The number of nitrogen functional groups attached to an aromatic ring is 1. The highest BCUT2D eigenvalue weighted by Crippen LogP contribution is 2.20. The van der Waals surface area contributed by atoms with Gasteiger partial charge in [0.15, 0.2) is 0 Å². The number of halogens is 1. The minimum absolute atomic E-state index is 0.314. The SMILES string of the molecule is N#Cc1cnc(OCc2cccc(Cl)c2)c(N)c1. The van der Waals surface area contributed by atoms with Crippen molar-refractivity contribution in [2.45, 2.75) is 6.61 Å². The maximum Gasteiger partial charge on any atom is 0.237 e. The molecule has 5 heteroatoms. The van der Waals surface area contributed by atoms with Gasteiger partial charge >= 0.3 is 0 Å². The van der Waals surface area contributed by atoms with E-state index in [0.717, 1.165) is 5.56 Å². The lowest BCUT2D eigenvalue weighted by molar-refractivity contribution is 0.296. The second-order valence-electron chi connectivity index (χ2n) is 3.65. The fraction of sp³-hybridized carbons (Fsp3) is 0.0769. The van der Waals surface area contributed by atoms with Crippen molar-refractivity contribution in [3.05, 3.63) is 52.7 Å². The number of ether oxygens (including phenoxy) is 1. The maximum atomic E-state index is 8.69. The summed E-state index contributed by atoms with van der Waals surface area (Å²) in [6, 6.07) is 10.8. The van der Waals surface area contributed by atoms with Crippen LogP contribution in [0.2, 0.25) is 5.02 Å². The van der Waals surface area contributed by atoms with Crippen molar-refractivity contribution < 1.29 is 4.74 Å². The molecular formula is C13H10ClN3O. The molecular weight excluding hydrogens is 250 g/mol. The first-order valence-electron chi connectivity index (χ1n) is 5.22. The number of pyridine rings is 1. The summed E-state index contributed by atoms with van der Waals surface area (Å²) in [4.78, 5) is 3.98. The van der Waals surface area contributed by atoms with E-state index in [-0.39, 0.29) is 0 Å². The van der Waals surface area contributed by atoms with Crippen LogP contribution in [0.3, 0.4) is 0 Å². The van der Waals surface area contributed by atoms with Gasteiger partial charge in [0.05, 0.1) is 11.3 Å². The van der Waals surface area contributed by atoms with Crippen LogP contribution in [0.1, 0.15) is 11.1 Å². The molecule has 0 aliphatic heterocycles. The average molecular weight is 260 g/mol. The highest BCUT2D eigenvalue weighted by Gasteiger charge is 2.04. The first-order valence-corrected chi connectivity index (χ1v) is 5.59. The fourth-order valence-electron chi connectivity index (χ4n) is 1.43. The van der Waals surface area contributed by atoms with E-state index in [1.807, 2.05) is 18.2 Å². The summed E-state index contributed by atoms with van der Waals surface area (Å²) in [5.74, 6) is 0.314. The number of benzene rings is 1. The Bertz CT molecular complexity index is 607. The van der Waals surface area contributed by atoms with Crippen molar-refractivity contribution in [1.82, 2.24) is 4.98 Å². The summed E-state index contributed by atoms with van der Waals surface area (Å²) in [6.07, 6.45) is 1.42. The zero-order chi connectivity index (χ0) is 13.0. The van der Waals surface area contributed by atoms with Crippen LogP contribution in [-0.4, -0.2) is 4.98 Å². The van der Waals surface area contributed by atoms with Gasteiger partial charge in [-0.15, -0.1) is 0 Å². The number of anilines is 1. The monoisotopic (exact) mass is 259 g/mol. The Balaban J connectivity index is 2.09. The van der Waals surface area contributed by atoms with Crippen molar-refractivity contribution in [2.75, 3.05) is 5.73 Å². The van der Waals surface area contributed by atoms with Crippen LogP contribution in [0.5, 0.6) is 5.88 Å². The van der Waals surface area contributed by atoms with Crippen LogP contribution in [0.4, 0.5) is 5.69 Å². The zero-order valence-electron chi connectivity index (χ0n) is 9.43. The van der Waals surface area contributed by atoms with Crippen LogP contribution >= 0.6 is 11.6 Å². The molecule has 0 amide bonds. The number of nitrogens with zero attached hydrogens (tertiary/aromatic N) is 2. The predicted molar refractivity (Wildman–Crippen MR) is 69.1 cm³/mol. The van der Waals surface area contributed by atoms with Gasteiger partial charge in [-0.1, -0.05) is 23.7 Å². The summed E-state index contributed by atoms with van der Waals surface area (Å²) in [7, 11) is 0. The highest BCUT2D eigenvalue weighted by molar-refractivity contribution is 6.30. The molecule has 1 aromatic carbocycles. The minimum Gasteiger partial charge on any atom is -0.471 e. The Morgan fingerprint density at radius 3 is 2.89 bits per heavy atom. The third kappa shape index (κ3) is 2.90. The molecule has 0 bridgehead atoms. The normalized spacial score (nSPS) is 9.78. The van der Waals surface area contributed by atoms with Crippen molar-refractivity contribution in [3.63, 3.8) is 0 Å². The molecule has 0 spiro atoms. The molecule has 18 heavy (non-hydrogen) atoms. The third-order valence-corrected chi connectivity index (χ3v) is 2.51.